The highest BCUT2D eigenvalue weighted by Crippen LogP contribution is 2.24. The lowest BCUT2D eigenvalue weighted by Crippen LogP contribution is -2.47. The van der Waals surface area contributed by atoms with Crippen molar-refractivity contribution in [2.75, 3.05) is 7.11 Å². The second kappa shape index (κ2) is 5.71. The molecule has 0 aliphatic rings. The molecule has 0 atom stereocenters. The summed E-state index contributed by atoms with van der Waals surface area (Å²) in [4.78, 5) is 11.5. The molecule has 17 heavy (non-hydrogen) atoms. The van der Waals surface area contributed by atoms with Gasteiger partial charge in [0.2, 0.25) is 0 Å². The van der Waals surface area contributed by atoms with Gasteiger partial charge in [-0.2, -0.15) is 0 Å². The van der Waals surface area contributed by atoms with Gasteiger partial charge >= 0.3 is 5.97 Å². The Kier molecular flexibility index (Phi) is 4.80. The fraction of sp³-hybridized carbons (Fsp3) is 0.417. The number of hydrogen-bond acceptors (Lipinski definition) is 3. The van der Waals surface area contributed by atoms with Gasteiger partial charge < -0.3 is 4.74 Å². The maximum atomic E-state index is 11.5. The van der Waals surface area contributed by atoms with Crippen molar-refractivity contribution in [3.63, 3.8) is 0 Å². The van der Waals surface area contributed by atoms with E-state index in [2.05, 4.69) is 5.32 Å². The lowest BCUT2D eigenvalue weighted by atomic mass is 10.1. The molecule has 1 rings (SSSR count). The molecular weight excluding hydrogens is 261 g/mol. The summed E-state index contributed by atoms with van der Waals surface area (Å²) in [6.07, 6.45) is 0. The molecule has 0 fully saturated rings. The summed E-state index contributed by atoms with van der Waals surface area (Å²) in [5.41, 5.74) is -0.00939. The molecular formula is C12H15Cl2NO2. The number of halogens is 2. The molecule has 0 aliphatic heterocycles. The van der Waals surface area contributed by atoms with Gasteiger partial charge in [0.15, 0.2) is 0 Å². The number of methoxy groups -OCH3 is 1. The number of carbonyl (C=O) groups excluding carboxylic acids is 1. The summed E-state index contributed by atoms with van der Waals surface area (Å²) in [7, 11) is 1.36. The van der Waals surface area contributed by atoms with E-state index in [4.69, 9.17) is 27.9 Å². The first-order valence-corrected chi connectivity index (χ1v) is 5.90. The van der Waals surface area contributed by atoms with Crippen LogP contribution in [-0.2, 0) is 16.1 Å². The van der Waals surface area contributed by atoms with Crippen LogP contribution >= 0.6 is 23.2 Å². The number of ether oxygens (including phenoxy) is 1. The maximum absolute atomic E-state index is 11.5. The second-order valence-corrected chi connectivity index (χ2v) is 4.98. The molecule has 1 aromatic carbocycles. The van der Waals surface area contributed by atoms with E-state index < -0.39 is 5.54 Å². The molecule has 0 spiro atoms. The number of carbonyl (C=O) groups is 1. The largest absolute Gasteiger partial charge is 0.468 e. The lowest BCUT2D eigenvalue weighted by Gasteiger charge is -2.23. The second-order valence-electron chi connectivity index (χ2n) is 4.17. The van der Waals surface area contributed by atoms with E-state index in [1.165, 1.54) is 7.11 Å². The van der Waals surface area contributed by atoms with Crippen molar-refractivity contribution in [2.24, 2.45) is 0 Å². The van der Waals surface area contributed by atoms with Gasteiger partial charge in [-0.15, -0.1) is 0 Å². The van der Waals surface area contributed by atoms with Gasteiger partial charge in [-0.1, -0.05) is 29.3 Å². The monoisotopic (exact) mass is 275 g/mol. The molecule has 0 saturated heterocycles. The molecule has 94 valence electrons. The van der Waals surface area contributed by atoms with Crippen LogP contribution in [0.3, 0.4) is 0 Å². The third-order valence-corrected chi connectivity index (χ3v) is 3.17. The summed E-state index contributed by atoms with van der Waals surface area (Å²) < 4.78 is 4.70. The number of nitrogens with one attached hydrogen (secondary N) is 1. The minimum Gasteiger partial charge on any atom is -0.468 e. The third-order valence-electron chi connectivity index (χ3n) is 2.46. The highest BCUT2D eigenvalue weighted by atomic mass is 35.5. The first kappa shape index (κ1) is 14.3. The zero-order valence-corrected chi connectivity index (χ0v) is 11.5. The first-order chi connectivity index (χ1) is 7.88. The van der Waals surface area contributed by atoms with Crippen molar-refractivity contribution >= 4 is 29.2 Å². The van der Waals surface area contributed by atoms with Crippen LogP contribution in [0.5, 0.6) is 0 Å². The van der Waals surface area contributed by atoms with Crippen LogP contribution in [0.1, 0.15) is 19.4 Å². The molecule has 0 radical (unpaired) electrons. The Morgan fingerprint density at radius 2 is 1.88 bits per heavy atom. The Morgan fingerprint density at radius 3 is 2.35 bits per heavy atom. The van der Waals surface area contributed by atoms with Crippen LogP contribution in [-0.4, -0.2) is 18.6 Å². The highest BCUT2D eigenvalue weighted by molar-refractivity contribution is 6.35. The third kappa shape index (κ3) is 3.60. The molecule has 0 amide bonds. The van der Waals surface area contributed by atoms with Crippen LogP contribution in [0.2, 0.25) is 10.0 Å². The quantitative estimate of drug-likeness (QED) is 0.859. The average Bonchev–Trinajstić information content (AvgIpc) is 2.27. The Bertz CT molecular complexity index is 399. The van der Waals surface area contributed by atoms with Crippen molar-refractivity contribution in [2.45, 2.75) is 25.9 Å². The van der Waals surface area contributed by atoms with Gasteiger partial charge in [-0.05, 0) is 26.0 Å². The fourth-order valence-corrected chi connectivity index (χ4v) is 1.87. The standard InChI is InChI=1S/C12H15Cl2NO2/c1-12(2,11(16)17-3)15-7-8-9(13)5-4-6-10(8)14/h4-6,15H,7H2,1-3H3. The van der Waals surface area contributed by atoms with Crippen molar-refractivity contribution < 1.29 is 9.53 Å². The number of benzene rings is 1. The molecule has 0 bridgehead atoms. The van der Waals surface area contributed by atoms with Crippen molar-refractivity contribution in [3.05, 3.63) is 33.8 Å². The van der Waals surface area contributed by atoms with E-state index in [9.17, 15) is 4.79 Å². The van der Waals surface area contributed by atoms with E-state index in [1.54, 1.807) is 32.0 Å². The predicted octanol–water partition coefficient (Wildman–Crippen LogP) is 3.03. The summed E-state index contributed by atoms with van der Waals surface area (Å²) in [6, 6.07) is 5.30. The zero-order chi connectivity index (χ0) is 13.1. The predicted molar refractivity (Wildman–Crippen MR) is 69.4 cm³/mol. The van der Waals surface area contributed by atoms with Crippen molar-refractivity contribution in [1.82, 2.24) is 5.32 Å². The first-order valence-electron chi connectivity index (χ1n) is 5.15. The SMILES string of the molecule is COC(=O)C(C)(C)NCc1c(Cl)cccc1Cl. The maximum Gasteiger partial charge on any atom is 0.325 e. The van der Waals surface area contributed by atoms with E-state index in [-0.39, 0.29) is 5.97 Å². The Morgan fingerprint density at radius 1 is 1.35 bits per heavy atom. The highest BCUT2D eigenvalue weighted by Gasteiger charge is 2.28. The van der Waals surface area contributed by atoms with Gasteiger partial charge in [0.05, 0.1) is 7.11 Å². The normalized spacial score (nSPS) is 11.4. The van der Waals surface area contributed by atoms with Crippen LogP contribution in [0, 0.1) is 0 Å². The summed E-state index contributed by atoms with van der Waals surface area (Å²) in [5, 5.41) is 4.21. The molecule has 0 saturated carbocycles. The van der Waals surface area contributed by atoms with Gasteiger partial charge in [0.1, 0.15) is 5.54 Å². The van der Waals surface area contributed by atoms with Crippen LogP contribution in [0.25, 0.3) is 0 Å². The van der Waals surface area contributed by atoms with Gasteiger partial charge in [0.25, 0.3) is 0 Å². The van der Waals surface area contributed by atoms with Crippen molar-refractivity contribution in [3.8, 4) is 0 Å². The number of esters is 1. The molecule has 0 aliphatic carbocycles. The smallest absolute Gasteiger partial charge is 0.325 e. The van der Waals surface area contributed by atoms with E-state index in [0.29, 0.717) is 16.6 Å². The fourth-order valence-electron chi connectivity index (χ4n) is 1.34. The number of rotatable bonds is 4. The van der Waals surface area contributed by atoms with E-state index in [1.807, 2.05) is 0 Å². The van der Waals surface area contributed by atoms with Crippen LogP contribution < -0.4 is 5.32 Å². The molecule has 1 N–H and O–H groups in total. The molecule has 3 nitrogen and oxygen atoms in total. The van der Waals surface area contributed by atoms with Gasteiger partial charge in [0, 0.05) is 22.2 Å². The molecule has 1 aromatic rings. The summed E-state index contributed by atoms with van der Waals surface area (Å²) in [5.74, 6) is -0.333. The average molecular weight is 276 g/mol. The van der Waals surface area contributed by atoms with E-state index >= 15 is 0 Å². The Labute approximate surface area is 111 Å². The van der Waals surface area contributed by atoms with Gasteiger partial charge in [-0.25, -0.2) is 0 Å². The zero-order valence-electron chi connectivity index (χ0n) is 10.0. The van der Waals surface area contributed by atoms with Crippen LogP contribution in [0.15, 0.2) is 18.2 Å². The van der Waals surface area contributed by atoms with Crippen LogP contribution in [0.4, 0.5) is 0 Å². The number of hydrogen-bond donors (Lipinski definition) is 1. The Balaban J connectivity index is 2.77. The molecule has 0 aromatic heterocycles. The molecule has 0 heterocycles. The minimum atomic E-state index is -0.781. The molecule has 5 heteroatoms. The van der Waals surface area contributed by atoms with Gasteiger partial charge in [-0.3, -0.25) is 10.1 Å². The topological polar surface area (TPSA) is 38.3 Å². The lowest BCUT2D eigenvalue weighted by molar-refractivity contribution is -0.147. The minimum absolute atomic E-state index is 0.333. The van der Waals surface area contributed by atoms with Crippen molar-refractivity contribution in [1.29, 1.82) is 0 Å². The Hall–Kier alpha value is -0.770. The molecule has 0 unspecified atom stereocenters. The summed E-state index contributed by atoms with van der Waals surface area (Å²) >= 11 is 12.1. The summed E-state index contributed by atoms with van der Waals surface area (Å²) in [6.45, 7) is 3.88. The van der Waals surface area contributed by atoms with E-state index in [0.717, 1.165) is 5.56 Å².